The number of rotatable bonds is 2. The van der Waals surface area contributed by atoms with E-state index < -0.39 is 6.10 Å². The largest absolute Gasteiger partial charge is 0.480 e. The minimum absolute atomic E-state index is 0.335. The van der Waals surface area contributed by atoms with E-state index in [2.05, 4.69) is 15.4 Å². The van der Waals surface area contributed by atoms with E-state index in [4.69, 9.17) is 27.9 Å². The molecule has 0 radical (unpaired) electrons. The van der Waals surface area contributed by atoms with Gasteiger partial charge in [-0.1, -0.05) is 59.6 Å². The van der Waals surface area contributed by atoms with E-state index in [0.29, 0.717) is 27.3 Å². The summed E-state index contributed by atoms with van der Waals surface area (Å²) in [7, 11) is 0. The molecule has 0 amide bonds. The molecule has 0 spiro atoms. The minimum atomic E-state index is -0.553. The van der Waals surface area contributed by atoms with E-state index in [1.807, 2.05) is 36.4 Å². The highest BCUT2D eigenvalue weighted by atomic mass is 35.5. The molecule has 0 bridgehead atoms. The Balaban J connectivity index is 1.65. The first-order valence-corrected chi connectivity index (χ1v) is 10.7. The fourth-order valence-corrected chi connectivity index (χ4v) is 4.88. The molecule has 5 nitrogen and oxygen atoms in total. The second-order valence-corrected chi connectivity index (χ2v) is 8.44. The highest BCUT2D eigenvalue weighted by Crippen LogP contribution is 2.51. The smallest absolute Gasteiger partial charge is 0.226 e. The topological polar surface area (TPSA) is 52.0 Å². The number of ether oxygens (including phenoxy) is 1. The Morgan fingerprint density at radius 3 is 2.66 bits per heavy atom. The van der Waals surface area contributed by atoms with Crippen molar-refractivity contribution >= 4 is 34.8 Å². The van der Waals surface area contributed by atoms with Crippen LogP contribution in [0.1, 0.15) is 28.8 Å². The number of anilines is 1. The molecule has 0 saturated carbocycles. The second kappa shape index (κ2) is 7.36. The lowest BCUT2D eigenvalue weighted by Crippen LogP contribution is -2.32. The molecule has 3 heterocycles. The van der Waals surface area contributed by atoms with Crippen molar-refractivity contribution in [3.05, 3.63) is 111 Å². The first-order chi connectivity index (χ1) is 15.6. The van der Waals surface area contributed by atoms with Crippen molar-refractivity contribution in [3.63, 3.8) is 0 Å². The average molecular weight is 465 g/mol. The number of benzene rings is 3. The number of fused-ring (bicyclic) bond motifs is 3. The quantitative estimate of drug-likeness (QED) is 0.379. The summed E-state index contributed by atoms with van der Waals surface area (Å²) in [6.45, 7) is 0. The van der Waals surface area contributed by atoms with Gasteiger partial charge in [0.15, 0.2) is 6.10 Å². The zero-order chi connectivity index (χ0) is 21.8. The van der Waals surface area contributed by atoms with Crippen molar-refractivity contribution < 1.29 is 9.13 Å². The average Bonchev–Trinajstić information content (AvgIpc) is 3.26. The van der Waals surface area contributed by atoms with Gasteiger partial charge in [-0.15, -0.1) is 0 Å². The molecule has 1 N–H and O–H groups in total. The van der Waals surface area contributed by atoms with Crippen molar-refractivity contribution in [3.8, 4) is 5.75 Å². The molecule has 0 saturated heterocycles. The van der Waals surface area contributed by atoms with Gasteiger partial charge in [0, 0.05) is 26.7 Å². The van der Waals surface area contributed by atoms with Crippen molar-refractivity contribution in [2.75, 3.05) is 5.32 Å². The van der Waals surface area contributed by atoms with Gasteiger partial charge in [-0.2, -0.15) is 10.1 Å². The molecule has 158 valence electrons. The van der Waals surface area contributed by atoms with Crippen LogP contribution in [0.4, 0.5) is 10.3 Å². The molecule has 3 aromatic carbocycles. The minimum Gasteiger partial charge on any atom is -0.480 e. The summed E-state index contributed by atoms with van der Waals surface area (Å²) < 4.78 is 22.5. The molecule has 2 aliphatic heterocycles. The van der Waals surface area contributed by atoms with Crippen LogP contribution in [0.5, 0.6) is 5.75 Å². The third-order valence-electron chi connectivity index (χ3n) is 5.74. The summed E-state index contributed by atoms with van der Waals surface area (Å²) in [6.07, 6.45) is 0.941. The highest BCUT2D eigenvalue weighted by Gasteiger charge is 2.41. The molecule has 2 aliphatic rings. The van der Waals surface area contributed by atoms with Gasteiger partial charge >= 0.3 is 0 Å². The van der Waals surface area contributed by atoms with Crippen molar-refractivity contribution in [1.29, 1.82) is 0 Å². The number of hydrogen-bond acceptors (Lipinski definition) is 4. The first kappa shape index (κ1) is 19.3. The molecule has 32 heavy (non-hydrogen) atoms. The predicted molar refractivity (Wildman–Crippen MR) is 121 cm³/mol. The van der Waals surface area contributed by atoms with Crippen LogP contribution in [0, 0.1) is 5.82 Å². The number of halogens is 3. The van der Waals surface area contributed by atoms with Crippen LogP contribution in [0.3, 0.4) is 0 Å². The Morgan fingerprint density at radius 2 is 1.84 bits per heavy atom. The molecule has 0 fully saturated rings. The van der Waals surface area contributed by atoms with Gasteiger partial charge in [0.2, 0.25) is 5.95 Å². The van der Waals surface area contributed by atoms with Crippen LogP contribution in [-0.2, 0) is 0 Å². The van der Waals surface area contributed by atoms with E-state index in [1.165, 1.54) is 18.5 Å². The first-order valence-electron chi connectivity index (χ1n) is 9.97. The summed E-state index contributed by atoms with van der Waals surface area (Å²) in [5.41, 5.74) is 3.96. The normalized spacial score (nSPS) is 18.8. The van der Waals surface area contributed by atoms with Gasteiger partial charge in [0.1, 0.15) is 23.9 Å². The second-order valence-electron chi connectivity index (χ2n) is 7.60. The molecule has 0 unspecified atom stereocenters. The molecular formula is C24H15Cl2FN4O. The Hall–Kier alpha value is -3.35. The van der Waals surface area contributed by atoms with Crippen LogP contribution in [-0.4, -0.2) is 14.8 Å². The maximum atomic E-state index is 14.3. The molecule has 2 atom stereocenters. The van der Waals surface area contributed by atoms with Gasteiger partial charge in [0.25, 0.3) is 0 Å². The maximum absolute atomic E-state index is 14.3. The number of hydrogen-bond donors (Lipinski definition) is 1. The lowest BCUT2D eigenvalue weighted by molar-refractivity contribution is 0.223. The van der Waals surface area contributed by atoms with Crippen molar-refractivity contribution in [2.45, 2.75) is 12.1 Å². The van der Waals surface area contributed by atoms with Crippen LogP contribution >= 0.6 is 23.2 Å². The van der Waals surface area contributed by atoms with E-state index in [-0.39, 0.29) is 11.9 Å². The third-order valence-corrected chi connectivity index (χ3v) is 6.30. The lowest BCUT2D eigenvalue weighted by Gasteiger charge is -2.39. The monoisotopic (exact) mass is 464 g/mol. The molecule has 6 rings (SSSR count). The number of nitrogens with one attached hydrogen (secondary N) is 1. The summed E-state index contributed by atoms with van der Waals surface area (Å²) in [5, 5.41) is 8.83. The molecule has 0 aliphatic carbocycles. The number of aromatic nitrogens is 3. The van der Waals surface area contributed by atoms with Gasteiger partial charge in [-0.3, -0.25) is 0 Å². The summed E-state index contributed by atoms with van der Waals surface area (Å²) in [4.78, 5) is 4.37. The van der Waals surface area contributed by atoms with E-state index >= 15 is 0 Å². The molecule has 4 aromatic rings. The van der Waals surface area contributed by atoms with E-state index in [9.17, 15) is 4.39 Å². The maximum Gasteiger partial charge on any atom is 0.226 e. The molecular weight excluding hydrogens is 450 g/mol. The van der Waals surface area contributed by atoms with Gasteiger partial charge < -0.3 is 10.1 Å². The van der Waals surface area contributed by atoms with Crippen molar-refractivity contribution in [2.24, 2.45) is 0 Å². The van der Waals surface area contributed by atoms with Crippen LogP contribution in [0.25, 0.3) is 5.70 Å². The fourth-order valence-electron chi connectivity index (χ4n) is 4.37. The summed E-state index contributed by atoms with van der Waals surface area (Å²) >= 11 is 12.8. The summed E-state index contributed by atoms with van der Waals surface area (Å²) in [5.74, 6) is 0.761. The van der Waals surface area contributed by atoms with Crippen molar-refractivity contribution in [1.82, 2.24) is 14.8 Å². The van der Waals surface area contributed by atoms with Gasteiger partial charge in [-0.05, 0) is 35.9 Å². The van der Waals surface area contributed by atoms with Gasteiger partial charge in [0.05, 0.1) is 5.70 Å². The Bertz CT molecular complexity index is 1390. The highest BCUT2D eigenvalue weighted by molar-refractivity contribution is 6.35. The SMILES string of the molecule is Fc1ccc2c(c1)C1=C([C@H](c3ccccc3)n3ncnc3N1)[C@@H](c1ccc(Cl)cc1Cl)O2. The Kier molecular flexibility index (Phi) is 4.45. The Labute approximate surface area is 193 Å². The zero-order valence-electron chi connectivity index (χ0n) is 16.5. The lowest BCUT2D eigenvalue weighted by atomic mass is 9.84. The fraction of sp³-hybridized carbons (Fsp3) is 0.0833. The summed E-state index contributed by atoms with van der Waals surface area (Å²) in [6, 6.07) is 19.4. The van der Waals surface area contributed by atoms with E-state index in [1.54, 1.807) is 22.9 Å². The number of nitrogens with zero attached hydrogens (tertiary/aromatic N) is 3. The van der Waals surface area contributed by atoms with Crippen LogP contribution in [0.15, 0.2) is 78.6 Å². The molecule has 8 heteroatoms. The molecule has 1 aromatic heterocycles. The third kappa shape index (κ3) is 2.98. The van der Waals surface area contributed by atoms with Crippen LogP contribution in [0.2, 0.25) is 10.0 Å². The standard InChI is InChI=1S/C24H15Cl2FN4O/c25-14-6-8-16(18(26)10-14)23-20-21(17-11-15(27)7-9-19(17)32-23)30-24-28-12-29-31(24)22(20)13-4-2-1-3-5-13/h1-12,22-23H,(H,28,29,30)/t22-,23+/m0/s1. The Morgan fingerprint density at radius 1 is 1.00 bits per heavy atom. The zero-order valence-corrected chi connectivity index (χ0v) is 18.0. The van der Waals surface area contributed by atoms with E-state index in [0.717, 1.165) is 22.4 Å². The van der Waals surface area contributed by atoms with Crippen LogP contribution < -0.4 is 10.1 Å². The van der Waals surface area contributed by atoms with Gasteiger partial charge in [-0.25, -0.2) is 9.07 Å². The predicted octanol–water partition coefficient (Wildman–Crippen LogP) is 6.28.